The Morgan fingerprint density at radius 1 is 1.06 bits per heavy atom. The standard InChI is InChI=1S/C21H19N7O7/c22-25-24-13-5-4-12-15-10(13)2-1-3-11(15)19(33)27(20(12)34)6-9-7-28(26-23-9)21-18(32)17(31)16(30)14(8-29)35-21/h1-5,7,14,16-18,21,29-32H,6,8H2/t14-,16+,17+,18-,21-/m1/s1. The number of aromatic nitrogens is 3. The molecule has 5 atom stereocenters. The van der Waals surface area contributed by atoms with E-state index in [-0.39, 0.29) is 23.4 Å². The minimum absolute atomic E-state index is 0.185. The van der Waals surface area contributed by atoms with Crippen molar-refractivity contribution in [1.29, 1.82) is 0 Å². The SMILES string of the molecule is [N-]=[N+]=Nc1ccc2c3c(cccc13)C(=O)N(Cc1cn([C@@H]3O[C@H](CO)[C@H](O)[C@H](O)[C@H]3O)nn1)C2=O. The number of amides is 2. The van der Waals surface area contributed by atoms with Crippen LogP contribution in [0.25, 0.3) is 21.2 Å². The van der Waals surface area contributed by atoms with E-state index in [1.54, 1.807) is 18.2 Å². The van der Waals surface area contributed by atoms with Crippen molar-refractivity contribution in [3.63, 3.8) is 0 Å². The average molecular weight is 481 g/mol. The molecule has 1 fully saturated rings. The van der Waals surface area contributed by atoms with Gasteiger partial charge in [0.05, 0.1) is 19.3 Å². The van der Waals surface area contributed by atoms with E-state index in [9.17, 15) is 30.0 Å². The van der Waals surface area contributed by atoms with E-state index in [2.05, 4.69) is 20.3 Å². The van der Waals surface area contributed by atoms with Gasteiger partial charge in [-0.3, -0.25) is 14.5 Å². The Morgan fingerprint density at radius 3 is 2.51 bits per heavy atom. The van der Waals surface area contributed by atoms with Crippen LogP contribution in [0.5, 0.6) is 0 Å². The molecule has 0 unspecified atom stereocenters. The molecule has 35 heavy (non-hydrogen) atoms. The van der Waals surface area contributed by atoms with E-state index in [4.69, 9.17) is 10.3 Å². The monoisotopic (exact) mass is 481 g/mol. The number of aliphatic hydroxyl groups excluding tert-OH is 4. The van der Waals surface area contributed by atoms with Crippen molar-refractivity contribution in [2.24, 2.45) is 5.11 Å². The highest BCUT2D eigenvalue weighted by molar-refractivity contribution is 6.26. The molecule has 180 valence electrons. The second-order valence-corrected chi connectivity index (χ2v) is 8.16. The lowest BCUT2D eigenvalue weighted by molar-refractivity contribution is -0.254. The van der Waals surface area contributed by atoms with Crippen LogP contribution in [0.15, 0.2) is 41.6 Å². The topological polar surface area (TPSA) is 207 Å². The maximum absolute atomic E-state index is 13.2. The minimum atomic E-state index is -1.60. The van der Waals surface area contributed by atoms with Gasteiger partial charge in [-0.1, -0.05) is 28.5 Å². The maximum atomic E-state index is 13.2. The molecule has 3 aromatic rings. The Kier molecular flexibility index (Phi) is 5.68. The van der Waals surface area contributed by atoms with Gasteiger partial charge in [0.1, 0.15) is 30.1 Å². The molecule has 2 amide bonds. The summed E-state index contributed by atoms with van der Waals surface area (Å²) in [4.78, 5) is 30.2. The lowest BCUT2D eigenvalue weighted by atomic mass is 9.93. The average Bonchev–Trinajstić information content (AvgIpc) is 3.33. The van der Waals surface area contributed by atoms with Crippen LogP contribution in [0.4, 0.5) is 5.69 Å². The van der Waals surface area contributed by atoms with Crippen LogP contribution in [0.3, 0.4) is 0 Å². The van der Waals surface area contributed by atoms with Gasteiger partial charge < -0.3 is 25.2 Å². The first-order valence-electron chi connectivity index (χ1n) is 10.5. The summed E-state index contributed by atoms with van der Waals surface area (Å²) in [5.41, 5.74) is 9.80. The number of nitrogens with zero attached hydrogens (tertiary/aromatic N) is 7. The van der Waals surface area contributed by atoms with Crippen LogP contribution in [-0.4, -0.2) is 83.2 Å². The molecule has 1 saturated heterocycles. The fourth-order valence-corrected chi connectivity index (χ4v) is 4.38. The highest BCUT2D eigenvalue weighted by atomic mass is 16.6. The summed E-state index contributed by atoms with van der Waals surface area (Å²) in [5, 5.41) is 51.9. The second-order valence-electron chi connectivity index (χ2n) is 8.16. The fraction of sp³-hybridized carbons (Fsp3) is 0.333. The lowest BCUT2D eigenvalue weighted by Gasteiger charge is -2.39. The number of carbonyl (C=O) groups is 2. The van der Waals surface area contributed by atoms with Crippen LogP contribution in [-0.2, 0) is 11.3 Å². The maximum Gasteiger partial charge on any atom is 0.261 e. The van der Waals surface area contributed by atoms with E-state index >= 15 is 0 Å². The summed E-state index contributed by atoms with van der Waals surface area (Å²) in [7, 11) is 0. The lowest BCUT2D eigenvalue weighted by Crippen LogP contribution is -2.56. The van der Waals surface area contributed by atoms with Gasteiger partial charge in [-0.25, -0.2) is 4.68 Å². The predicted octanol–water partition coefficient (Wildman–Crippen LogP) is 0.142. The molecular formula is C21H19N7O7. The molecule has 0 bridgehead atoms. The van der Waals surface area contributed by atoms with E-state index in [1.807, 2.05) is 0 Å². The number of rotatable bonds is 5. The van der Waals surface area contributed by atoms with Crippen molar-refractivity contribution >= 4 is 28.3 Å². The van der Waals surface area contributed by atoms with E-state index in [0.29, 0.717) is 16.5 Å². The molecule has 14 heteroatoms. The van der Waals surface area contributed by atoms with Crippen molar-refractivity contribution < 1.29 is 34.8 Å². The van der Waals surface area contributed by atoms with Gasteiger partial charge in [0, 0.05) is 27.1 Å². The van der Waals surface area contributed by atoms with E-state index < -0.39 is 49.1 Å². The minimum Gasteiger partial charge on any atom is -0.394 e. The first-order chi connectivity index (χ1) is 16.8. The zero-order valence-corrected chi connectivity index (χ0v) is 17.9. The number of carbonyl (C=O) groups excluding carboxylic acids is 2. The molecular weight excluding hydrogens is 462 g/mol. The number of benzene rings is 2. The zero-order valence-electron chi connectivity index (χ0n) is 17.9. The molecule has 2 aliphatic rings. The smallest absolute Gasteiger partial charge is 0.261 e. The van der Waals surface area contributed by atoms with Crippen LogP contribution in [0, 0.1) is 0 Å². The van der Waals surface area contributed by atoms with Gasteiger partial charge >= 0.3 is 0 Å². The van der Waals surface area contributed by atoms with Gasteiger partial charge in [-0.15, -0.1) is 5.10 Å². The van der Waals surface area contributed by atoms with Gasteiger partial charge in [0.2, 0.25) is 0 Å². The van der Waals surface area contributed by atoms with Crippen molar-refractivity contribution in [1.82, 2.24) is 19.9 Å². The van der Waals surface area contributed by atoms with Crippen LogP contribution in [0.1, 0.15) is 32.6 Å². The van der Waals surface area contributed by atoms with Gasteiger partial charge in [-0.05, 0) is 23.1 Å². The number of ether oxygens (including phenoxy) is 1. The summed E-state index contributed by atoms with van der Waals surface area (Å²) in [6.45, 7) is -0.852. The Hall–Kier alpha value is -3.91. The Morgan fingerprint density at radius 2 is 1.80 bits per heavy atom. The highest BCUT2D eigenvalue weighted by Gasteiger charge is 2.45. The molecule has 0 spiro atoms. The molecule has 5 rings (SSSR count). The van der Waals surface area contributed by atoms with Gasteiger partial charge in [0.25, 0.3) is 11.8 Å². The molecule has 0 saturated carbocycles. The first kappa shape index (κ1) is 22.9. The van der Waals surface area contributed by atoms with Crippen molar-refractivity contribution in [3.05, 3.63) is 63.8 Å². The molecule has 4 N–H and O–H groups in total. The molecule has 0 radical (unpaired) electrons. The normalized spacial score (nSPS) is 26.2. The van der Waals surface area contributed by atoms with Gasteiger partial charge in [0.15, 0.2) is 6.23 Å². The number of imide groups is 1. The third-order valence-electron chi connectivity index (χ3n) is 6.13. The van der Waals surface area contributed by atoms with E-state index in [0.717, 1.165) is 9.58 Å². The second kappa shape index (κ2) is 8.70. The third kappa shape index (κ3) is 3.61. The summed E-state index contributed by atoms with van der Waals surface area (Å²) < 4.78 is 6.53. The van der Waals surface area contributed by atoms with Crippen molar-refractivity contribution in [2.45, 2.75) is 37.2 Å². The molecule has 3 heterocycles. The van der Waals surface area contributed by atoms with Crippen LogP contribution in [0.2, 0.25) is 0 Å². The molecule has 0 aliphatic carbocycles. The Balaban J connectivity index is 1.44. The summed E-state index contributed by atoms with van der Waals surface area (Å²) >= 11 is 0. The summed E-state index contributed by atoms with van der Waals surface area (Å²) in [6, 6.07) is 7.84. The number of hydrogen-bond acceptors (Lipinski definition) is 10. The van der Waals surface area contributed by atoms with Gasteiger partial charge in [-0.2, -0.15) is 0 Å². The first-order valence-corrected chi connectivity index (χ1v) is 10.5. The summed E-state index contributed by atoms with van der Waals surface area (Å²) in [5.74, 6) is -1.15. The molecule has 1 aromatic heterocycles. The van der Waals surface area contributed by atoms with E-state index in [1.165, 1.54) is 18.3 Å². The highest BCUT2D eigenvalue weighted by Crippen LogP contribution is 2.36. The third-order valence-corrected chi connectivity index (χ3v) is 6.13. The Labute approximate surface area is 196 Å². The zero-order chi connectivity index (χ0) is 24.9. The van der Waals surface area contributed by atoms with Crippen LogP contribution < -0.4 is 0 Å². The molecule has 2 aromatic carbocycles. The number of hydrogen-bond donors (Lipinski definition) is 4. The number of aliphatic hydroxyl groups is 4. The molecule has 14 nitrogen and oxygen atoms in total. The van der Waals surface area contributed by atoms with Crippen molar-refractivity contribution in [3.8, 4) is 0 Å². The largest absolute Gasteiger partial charge is 0.394 e. The van der Waals surface area contributed by atoms with Crippen LogP contribution >= 0.6 is 0 Å². The number of azide groups is 1. The summed E-state index contributed by atoms with van der Waals surface area (Å²) in [6.07, 6.45) is -5.78. The Bertz CT molecular complexity index is 1360. The fourth-order valence-electron chi connectivity index (χ4n) is 4.38. The predicted molar refractivity (Wildman–Crippen MR) is 116 cm³/mol. The van der Waals surface area contributed by atoms with Crippen molar-refractivity contribution in [2.75, 3.05) is 6.61 Å². The molecule has 2 aliphatic heterocycles. The quantitative estimate of drug-likeness (QED) is 0.169.